The fourth-order valence-electron chi connectivity index (χ4n) is 2.69. The number of fused-ring (bicyclic) bond motifs is 1. The SMILES string of the molecule is Cc1nc2c(c(C(F)(F)F)n1)C[C@@H](C(=O)Nc1nccs1)CC2. The largest absolute Gasteiger partial charge is 0.433 e. The maximum atomic E-state index is 13.2. The Bertz CT molecular complexity index is 730. The maximum absolute atomic E-state index is 13.2. The summed E-state index contributed by atoms with van der Waals surface area (Å²) in [7, 11) is 0. The van der Waals surface area contributed by atoms with Crippen molar-refractivity contribution < 1.29 is 18.0 Å². The van der Waals surface area contributed by atoms with Gasteiger partial charge in [0, 0.05) is 28.8 Å². The van der Waals surface area contributed by atoms with Crippen LogP contribution in [0.25, 0.3) is 0 Å². The Morgan fingerprint density at radius 2 is 2.17 bits per heavy atom. The van der Waals surface area contributed by atoms with Crippen molar-refractivity contribution in [3.63, 3.8) is 0 Å². The van der Waals surface area contributed by atoms with Crippen LogP contribution in [0.15, 0.2) is 11.6 Å². The molecule has 0 saturated carbocycles. The van der Waals surface area contributed by atoms with Crippen LogP contribution < -0.4 is 5.32 Å². The highest BCUT2D eigenvalue weighted by Gasteiger charge is 2.39. The van der Waals surface area contributed by atoms with Crippen LogP contribution in [0.3, 0.4) is 0 Å². The Morgan fingerprint density at radius 1 is 1.39 bits per heavy atom. The molecule has 2 heterocycles. The zero-order valence-electron chi connectivity index (χ0n) is 12.1. The molecule has 9 heteroatoms. The van der Waals surface area contributed by atoms with E-state index in [0.29, 0.717) is 23.7 Å². The first-order valence-corrected chi connectivity index (χ1v) is 7.86. The van der Waals surface area contributed by atoms with Crippen LogP contribution in [0.4, 0.5) is 18.3 Å². The molecule has 0 aliphatic heterocycles. The predicted molar refractivity (Wildman–Crippen MR) is 78.0 cm³/mol. The average molecular weight is 342 g/mol. The van der Waals surface area contributed by atoms with Gasteiger partial charge in [-0.15, -0.1) is 11.3 Å². The van der Waals surface area contributed by atoms with Gasteiger partial charge in [0.25, 0.3) is 0 Å². The van der Waals surface area contributed by atoms with Crippen molar-refractivity contribution in [1.82, 2.24) is 15.0 Å². The van der Waals surface area contributed by atoms with Crippen molar-refractivity contribution in [3.05, 3.63) is 34.4 Å². The molecule has 2 aromatic heterocycles. The lowest BCUT2D eigenvalue weighted by Gasteiger charge is -2.25. The molecule has 122 valence electrons. The van der Waals surface area contributed by atoms with Gasteiger partial charge in [0.2, 0.25) is 5.91 Å². The predicted octanol–water partition coefficient (Wildman–Crippen LogP) is 3.00. The first-order chi connectivity index (χ1) is 10.8. The molecule has 2 aromatic rings. The van der Waals surface area contributed by atoms with Crippen molar-refractivity contribution in [3.8, 4) is 0 Å². The second-order valence-electron chi connectivity index (χ2n) is 5.31. The van der Waals surface area contributed by atoms with Crippen LogP contribution in [-0.2, 0) is 23.8 Å². The first kappa shape index (κ1) is 15.9. The number of carbonyl (C=O) groups excluding carboxylic acids is 1. The number of hydrogen-bond acceptors (Lipinski definition) is 5. The second kappa shape index (κ2) is 5.88. The number of thiazole rings is 1. The topological polar surface area (TPSA) is 67.8 Å². The normalized spacial score (nSPS) is 17.7. The molecule has 1 N–H and O–H groups in total. The van der Waals surface area contributed by atoms with E-state index in [9.17, 15) is 18.0 Å². The van der Waals surface area contributed by atoms with E-state index in [2.05, 4.69) is 20.3 Å². The number of amides is 1. The number of aromatic nitrogens is 3. The highest BCUT2D eigenvalue weighted by atomic mass is 32.1. The number of alkyl halides is 3. The van der Waals surface area contributed by atoms with Crippen LogP contribution in [0, 0.1) is 12.8 Å². The molecular weight excluding hydrogens is 329 g/mol. The minimum atomic E-state index is -4.55. The molecule has 0 spiro atoms. The van der Waals surface area contributed by atoms with Crippen LogP contribution in [0.5, 0.6) is 0 Å². The van der Waals surface area contributed by atoms with E-state index in [1.165, 1.54) is 18.3 Å². The van der Waals surface area contributed by atoms with Gasteiger partial charge in [-0.1, -0.05) is 0 Å². The van der Waals surface area contributed by atoms with E-state index in [4.69, 9.17) is 0 Å². The van der Waals surface area contributed by atoms with E-state index < -0.39 is 17.8 Å². The van der Waals surface area contributed by atoms with Crippen molar-refractivity contribution >= 4 is 22.4 Å². The number of rotatable bonds is 2. The van der Waals surface area contributed by atoms with Crippen molar-refractivity contribution in [2.75, 3.05) is 5.32 Å². The van der Waals surface area contributed by atoms with Crippen molar-refractivity contribution in [2.45, 2.75) is 32.4 Å². The Labute approximate surface area is 134 Å². The van der Waals surface area contributed by atoms with E-state index in [-0.39, 0.29) is 23.7 Å². The van der Waals surface area contributed by atoms with Crippen LogP contribution in [-0.4, -0.2) is 20.9 Å². The van der Waals surface area contributed by atoms with Crippen LogP contribution in [0.2, 0.25) is 0 Å². The molecule has 1 atom stereocenters. The quantitative estimate of drug-likeness (QED) is 0.911. The smallest absolute Gasteiger partial charge is 0.302 e. The van der Waals surface area contributed by atoms with Gasteiger partial charge in [-0.25, -0.2) is 15.0 Å². The summed E-state index contributed by atoms with van der Waals surface area (Å²) >= 11 is 1.26. The molecule has 0 radical (unpaired) electrons. The summed E-state index contributed by atoms with van der Waals surface area (Å²) in [5.41, 5.74) is -0.497. The number of nitrogens with zero attached hydrogens (tertiary/aromatic N) is 3. The first-order valence-electron chi connectivity index (χ1n) is 6.98. The standard InChI is InChI=1S/C14H13F3N4OS/c1-7-19-10-3-2-8(12(22)21-13-18-4-5-23-13)6-9(10)11(20-7)14(15,16)17/h4-5,8H,2-3,6H2,1H3,(H,18,21,22)/t8-/m0/s1. The second-order valence-corrected chi connectivity index (χ2v) is 6.20. The van der Waals surface area contributed by atoms with E-state index >= 15 is 0 Å². The maximum Gasteiger partial charge on any atom is 0.433 e. The van der Waals surface area contributed by atoms with Crippen molar-refractivity contribution in [1.29, 1.82) is 0 Å². The monoisotopic (exact) mass is 342 g/mol. The molecule has 1 aliphatic rings. The van der Waals surface area contributed by atoms with Gasteiger partial charge < -0.3 is 5.32 Å². The zero-order chi connectivity index (χ0) is 16.6. The van der Waals surface area contributed by atoms with Gasteiger partial charge in [0.15, 0.2) is 10.8 Å². The highest BCUT2D eigenvalue weighted by Crippen LogP contribution is 2.36. The van der Waals surface area contributed by atoms with Gasteiger partial charge >= 0.3 is 6.18 Å². The van der Waals surface area contributed by atoms with E-state index in [1.54, 1.807) is 11.6 Å². The Morgan fingerprint density at radius 3 is 2.83 bits per heavy atom. The molecule has 1 aliphatic carbocycles. The lowest BCUT2D eigenvalue weighted by molar-refractivity contribution is -0.142. The van der Waals surface area contributed by atoms with Gasteiger partial charge in [0.1, 0.15) is 5.82 Å². The molecule has 23 heavy (non-hydrogen) atoms. The van der Waals surface area contributed by atoms with E-state index in [1.807, 2.05) is 0 Å². The fraction of sp³-hybridized carbons (Fsp3) is 0.429. The number of aryl methyl sites for hydroxylation is 2. The summed E-state index contributed by atoms with van der Waals surface area (Å²) < 4.78 is 39.6. The summed E-state index contributed by atoms with van der Waals surface area (Å²) in [5, 5.41) is 4.79. The summed E-state index contributed by atoms with van der Waals surface area (Å²) in [6, 6.07) is 0. The lowest BCUT2D eigenvalue weighted by atomic mass is 9.85. The summed E-state index contributed by atoms with van der Waals surface area (Å²) in [4.78, 5) is 23.8. The number of hydrogen-bond donors (Lipinski definition) is 1. The van der Waals surface area contributed by atoms with Crippen LogP contribution >= 0.6 is 11.3 Å². The molecule has 1 amide bonds. The minimum Gasteiger partial charge on any atom is -0.302 e. The zero-order valence-corrected chi connectivity index (χ0v) is 13.0. The molecule has 5 nitrogen and oxygen atoms in total. The van der Waals surface area contributed by atoms with Gasteiger partial charge in [-0.05, 0) is 26.2 Å². The summed E-state index contributed by atoms with van der Waals surface area (Å²) in [6.07, 6.45) is -2.22. The number of nitrogens with one attached hydrogen (secondary N) is 1. The third kappa shape index (κ3) is 3.34. The van der Waals surface area contributed by atoms with Gasteiger partial charge in [-0.2, -0.15) is 13.2 Å². The fourth-order valence-corrected chi connectivity index (χ4v) is 3.22. The molecule has 0 saturated heterocycles. The molecule has 0 aromatic carbocycles. The summed E-state index contributed by atoms with van der Waals surface area (Å²) in [5.74, 6) is -0.764. The third-order valence-corrected chi connectivity index (χ3v) is 4.37. The molecule has 0 bridgehead atoms. The Balaban J connectivity index is 1.86. The number of anilines is 1. The average Bonchev–Trinajstić information content (AvgIpc) is 2.97. The number of halogens is 3. The summed E-state index contributed by atoms with van der Waals surface area (Å²) in [6.45, 7) is 1.44. The number of carbonyl (C=O) groups is 1. The Kier molecular flexibility index (Phi) is 4.05. The van der Waals surface area contributed by atoms with Crippen molar-refractivity contribution in [2.24, 2.45) is 5.92 Å². The third-order valence-electron chi connectivity index (χ3n) is 3.69. The highest BCUT2D eigenvalue weighted by molar-refractivity contribution is 7.13. The van der Waals surface area contributed by atoms with Gasteiger partial charge in [0.05, 0.1) is 0 Å². The molecular formula is C14H13F3N4OS. The molecule has 0 unspecified atom stereocenters. The van der Waals surface area contributed by atoms with Gasteiger partial charge in [-0.3, -0.25) is 4.79 Å². The lowest BCUT2D eigenvalue weighted by Crippen LogP contribution is -2.31. The Hall–Kier alpha value is -2.03. The molecule has 3 rings (SSSR count). The van der Waals surface area contributed by atoms with Crippen LogP contribution in [0.1, 0.15) is 29.2 Å². The minimum absolute atomic E-state index is 0.0122. The molecule has 0 fully saturated rings. The van der Waals surface area contributed by atoms with E-state index in [0.717, 1.165) is 0 Å².